The maximum atomic E-state index is 13.0. The molecule has 0 unspecified atom stereocenters. The summed E-state index contributed by atoms with van der Waals surface area (Å²) >= 11 is 1.48. The Kier molecular flexibility index (Phi) is 5.78. The van der Waals surface area contributed by atoms with Crippen LogP contribution in [0, 0.1) is 0 Å². The number of aromatic amines is 1. The van der Waals surface area contributed by atoms with Crippen molar-refractivity contribution in [3.8, 4) is 5.75 Å². The third-order valence-electron chi connectivity index (χ3n) is 4.65. The molecule has 6 nitrogen and oxygen atoms in total. The number of para-hydroxylation sites is 1. The molecular formula is C22H23N3O3S. The van der Waals surface area contributed by atoms with Crippen molar-refractivity contribution < 1.29 is 14.3 Å². The molecule has 0 aliphatic heterocycles. The SMILES string of the molecule is CCOCCn1c(=NC(=O)c2c[nH]c3ccccc23)sc2cc(OCC)ccc21. The van der Waals surface area contributed by atoms with Crippen molar-refractivity contribution in [1.29, 1.82) is 0 Å². The molecular weight excluding hydrogens is 386 g/mol. The van der Waals surface area contributed by atoms with E-state index in [9.17, 15) is 4.79 Å². The lowest BCUT2D eigenvalue weighted by molar-refractivity contribution is 0.0998. The molecule has 4 aromatic rings. The minimum atomic E-state index is -0.260. The van der Waals surface area contributed by atoms with Gasteiger partial charge in [-0.1, -0.05) is 29.5 Å². The van der Waals surface area contributed by atoms with E-state index in [1.165, 1.54) is 11.3 Å². The number of fused-ring (bicyclic) bond motifs is 2. The Morgan fingerprint density at radius 2 is 2.03 bits per heavy atom. The van der Waals surface area contributed by atoms with Gasteiger partial charge < -0.3 is 19.0 Å². The van der Waals surface area contributed by atoms with Crippen molar-refractivity contribution in [2.24, 2.45) is 4.99 Å². The molecule has 2 heterocycles. The summed E-state index contributed by atoms with van der Waals surface area (Å²) in [6, 6.07) is 13.7. The van der Waals surface area contributed by atoms with Gasteiger partial charge >= 0.3 is 0 Å². The van der Waals surface area contributed by atoms with Crippen LogP contribution in [0.15, 0.2) is 53.7 Å². The molecule has 2 aromatic heterocycles. The van der Waals surface area contributed by atoms with E-state index in [2.05, 4.69) is 9.98 Å². The Morgan fingerprint density at radius 3 is 2.86 bits per heavy atom. The van der Waals surface area contributed by atoms with Crippen molar-refractivity contribution in [2.75, 3.05) is 19.8 Å². The highest BCUT2D eigenvalue weighted by Gasteiger charge is 2.13. The van der Waals surface area contributed by atoms with Crippen molar-refractivity contribution in [2.45, 2.75) is 20.4 Å². The Bertz CT molecular complexity index is 1220. The van der Waals surface area contributed by atoms with Crippen LogP contribution in [0.5, 0.6) is 5.75 Å². The number of nitrogens with zero attached hydrogens (tertiary/aromatic N) is 2. The largest absolute Gasteiger partial charge is 0.494 e. The molecule has 1 amide bonds. The van der Waals surface area contributed by atoms with Crippen molar-refractivity contribution >= 4 is 38.4 Å². The van der Waals surface area contributed by atoms with Crippen LogP contribution in [-0.2, 0) is 11.3 Å². The number of thiazole rings is 1. The van der Waals surface area contributed by atoms with Crippen LogP contribution in [0.25, 0.3) is 21.1 Å². The maximum Gasteiger partial charge on any atom is 0.281 e. The molecule has 150 valence electrons. The van der Waals surface area contributed by atoms with E-state index >= 15 is 0 Å². The van der Waals surface area contributed by atoms with Gasteiger partial charge in [0.2, 0.25) is 0 Å². The average Bonchev–Trinajstić information content (AvgIpc) is 3.30. The van der Waals surface area contributed by atoms with E-state index in [1.54, 1.807) is 6.20 Å². The molecule has 0 spiro atoms. The zero-order valence-corrected chi connectivity index (χ0v) is 17.3. The van der Waals surface area contributed by atoms with Crippen molar-refractivity contribution in [1.82, 2.24) is 9.55 Å². The number of hydrogen-bond donors (Lipinski definition) is 1. The first-order chi connectivity index (χ1) is 14.2. The van der Waals surface area contributed by atoms with E-state index in [-0.39, 0.29) is 5.91 Å². The number of aromatic nitrogens is 2. The van der Waals surface area contributed by atoms with E-state index < -0.39 is 0 Å². The number of hydrogen-bond acceptors (Lipinski definition) is 4. The molecule has 7 heteroatoms. The summed E-state index contributed by atoms with van der Waals surface area (Å²) in [5.74, 6) is 0.553. The van der Waals surface area contributed by atoms with Crippen molar-refractivity contribution in [3.63, 3.8) is 0 Å². The van der Waals surface area contributed by atoms with Gasteiger partial charge in [0.05, 0.1) is 29.0 Å². The van der Waals surface area contributed by atoms with Gasteiger partial charge in [-0.3, -0.25) is 4.79 Å². The molecule has 0 saturated heterocycles. The van der Waals surface area contributed by atoms with Crippen LogP contribution in [-0.4, -0.2) is 35.3 Å². The predicted octanol–water partition coefficient (Wildman–Crippen LogP) is 4.36. The predicted molar refractivity (Wildman–Crippen MR) is 116 cm³/mol. The standard InChI is InChI=1S/C22H23N3O3S/c1-3-27-12-11-25-19-10-9-15(28-4-2)13-20(19)29-22(25)24-21(26)17-14-23-18-8-6-5-7-16(17)18/h5-10,13-14,23H,3-4,11-12H2,1-2H3. The highest BCUT2D eigenvalue weighted by atomic mass is 32.1. The second kappa shape index (κ2) is 8.63. The Labute approximate surface area is 172 Å². The van der Waals surface area contributed by atoms with Gasteiger partial charge in [0, 0.05) is 30.3 Å². The van der Waals surface area contributed by atoms with Crippen LogP contribution >= 0.6 is 11.3 Å². The van der Waals surface area contributed by atoms with Gasteiger partial charge in [-0.2, -0.15) is 4.99 Å². The molecule has 0 fully saturated rings. The number of rotatable bonds is 7. The Balaban J connectivity index is 1.79. The molecule has 0 aliphatic carbocycles. The topological polar surface area (TPSA) is 68.6 Å². The van der Waals surface area contributed by atoms with Crippen LogP contribution in [0.3, 0.4) is 0 Å². The van der Waals surface area contributed by atoms with Gasteiger partial charge in [-0.15, -0.1) is 0 Å². The van der Waals surface area contributed by atoms with Gasteiger partial charge in [0.15, 0.2) is 4.80 Å². The van der Waals surface area contributed by atoms with Gasteiger partial charge in [-0.05, 0) is 38.1 Å². The smallest absolute Gasteiger partial charge is 0.281 e. The molecule has 1 N–H and O–H groups in total. The van der Waals surface area contributed by atoms with E-state index in [1.807, 2.05) is 60.9 Å². The van der Waals surface area contributed by atoms with Crippen molar-refractivity contribution in [3.05, 3.63) is 59.0 Å². The zero-order chi connectivity index (χ0) is 20.2. The summed E-state index contributed by atoms with van der Waals surface area (Å²) in [6.07, 6.45) is 1.72. The minimum Gasteiger partial charge on any atom is -0.494 e. The first-order valence-electron chi connectivity index (χ1n) is 9.70. The highest BCUT2D eigenvalue weighted by molar-refractivity contribution is 7.16. The summed E-state index contributed by atoms with van der Waals surface area (Å²) in [5, 5.41) is 0.877. The summed E-state index contributed by atoms with van der Waals surface area (Å²) in [5.41, 5.74) is 2.51. The summed E-state index contributed by atoms with van der Waals surface area (Å²) in [4.78, 5) is 21.2. The lowest BCUT2D eigenvalue weighted by Crippen LogP contribution is -2.19. The molecule has 29 heavy (non-hydrogen) atoms. The fourth-order valence-corrected chi connectivity index (χ4v) is 4.39. The monoisotopic (exact) mass is 409 g/mol. The lowest BCUT2D eigenvalue weighted by Gasteiger charge is -2.06. The van der Waals surface area contributed by atoms with Gasteiger partial charge in [0.25, 0.3) is 5.91 Å². The molecule has 0 atom stereocenters. The fraction of sp³-hybridized carbons (Fsp3) is 0.273. The summed E-state index contributed by atoms with van der Waals surface area (Å²) < 4.78 is 14.2. The number of carbonyl (C=O) groups is 1. The van der Waals surface area contributed by atoms with Crippen LogP contribution in [0.4, 0.5) is 0 Å². The molecule has 0 aliphatic rings. The zero-order valence-electron chi connectivity index (χ0n) is 16.5. The Morgan fingerprint density at radius 1 is 1.17 bits per heavy atom. The molecule has 2 aromatic carbocycles. The molecule has 0 bridgehead atoms. The third kappa shape index (κ3) is 3.97. The van der Waals surface area contributed by atoms with E-state index in [0.717, 1.165) is 26.9 Å². The van der Waals surface area contributed by atoms with Gasteiger partial charge in [0.1, 0.15) is 5.75 Å². The number of H-pyrrole nitrogens is 1. The molecule has 0 saturated carbocycles. The quantitative estimate of drug-likeness (QED) is 0.461. The van der Waals surface area contributed by atoms with Gasteiger partial charge in [-0.25, -0.2) is 0 Å². The normalized spacial score (nSPS) is 12.1. The number of nitrogens with one attached hydrogen (secondary N) is 1. The highest BCUT2D eigenvalue weighted by Crippen LogP contribution is 2.24. The van der Waals surface area contributed by atoms with Crippen LogP contribution in [0.1, 0.15) is 24.2 Å². The second-order valence-corrected chi connectivity index (χ2v) is 7.47. The summed E-state index contributed by atoms with van der Waals surface area (Å²) in [6.45, 7) is 6.37. The van der Waals surface area contributed by atoms with E-state index in [4.69, 9.17) is 9.47 Å². The summed E-state index contributed by atoms with van der Waals surface area (Å²) in [7, 11) is 0. The maximum absolute atomic E-state index is 13.0. The number of benzene rings is 2. The molecule has 0 radical (unpaired) electrons. The second-order valence-electron chi connectivity index (χ2n) is 6.46. The number of ether oxygens (including phenoxy) is 2. The fourth-order valence-electron chi connectivity index (χ4n) is 3.31. The third-order valence-corrected chi connectivity index (χ3v) is 5.69. The number of amides is 1. The minimum absolute atomic E-state index is 0.260. The lowest BCUT2D eigenvalue weighted by atomic mass is 10.2. The van der Waals surface area contributed by atoms with Crippen LogP contribution < -0.4 is 9.54 Å². The number of carbonyl (C=O) groups excluding carboxylic acids is 1. The van der Waals surface area contributed by atoms with E-state index in [0.29, 0.717) is 36.7 Å². The Hall–Kier alpha value is -2.90. The van der Waals surface area contributed by atoms with Crippen LogP contribution in [0.2, 0.25) is 0 Å². The first-order valence-corrected chi connectivity index (χ1v) is 10.5. The molecule has 4 rings (SSSR count). The average molecular weight is 410 g/mol. The first kappa shape index (κ1) is 19.4.